The van der Waals surface area contributed by atoms with Crippen LogP contribution in [-0.4, -0.2) is 14.7 Å². The lowest BCUT2D eigenvalue weighted by molar-refractivity contribution is 0.0653. The Balaban J connectivity index is 0.00000169. The van der Waals surface area contributed by atoms with E-state index >= 15 is 0 Å². The smallest absolute Gasteiger partial charge is 0.205 e. The van der Waals surface area contributed by atoms with E-state index in [-0.39, 0.29) is 12.4 Å². The first kappa shape index (κ1) is 16.1. The van der Waals surface area contributed by atoms with Crippen LogP contribution in [0.1, 0.15) is 5.56 Å². The molecule has 0 aliphatic carbocycles. The van der Waals surface area contributed by atoms with Gasteiger partial charge in [-0.25, -0.2) is 4.98 Å². The number of anilines is 1. The molecule has 1 aliphatic heterocycles. The standard InChI is InChI=1S/C18H16N4O.ClH/c19-17-21-14-8-2-4-10-16(14)22(17)15-9-3-1-7-13(15)18(23)11-5-6-12-20-18;/h1-12,20,23H,(H2,19,21);1H. The summed E-state index contributed by atoms with van der Waals surface area (Å²) in [4.78, 5) is 4.41. The minimum absolute atomic E-state index is 0. The van der Waals surface area contributed by atoms with E-state index in [1.165, 1.54) is 0 Å². The molecule has 3 aromatic rings. The average Bonchev–Trinajstić information content (AvgIpc) is 2.91. The molecule has 1 atom stereocenters. The van der Waals surface area contributed by atoms with Gasteiger partial charge in [-0.05, 0) is 36.6 Å². The summed E-state index contributed by atoms with van der Waals surface area (Å²) in [6.07, 6.45) is 7.06. The Morgan fingerprint density at radius 3 is 2.58 bits per heavy atom. The van der Waals surface area contributed by atoms with Crippen molar-refractivity contribution in [1.82, 2.24) is 14.9 Å². The van der Waals surface area contributed by atoms with Crippen molar-refractivity contribution in [2.45, 2.75) is 5.72 Å². The van der Waals surface area contributed by atoms with Crippen molar-refractivity contribution in [2.75, 3.05) is 5.73 Å². The zero-order chi connectivity index (χ0) is 15.9. The summed E-state index contributed by atoms with van der Waals surface area (Å²) in [6, 6.07) is 15.3. The highest BCUT2D eigenvalue weighted by atomic mass is 35.5. The molecule has 0 radical (unpaired) electrons. The summed E-state index contributed by atoms with van der Waals surface area (Å²) in [5.74, 6) is 0.387. The lowest BCUT2D eigenvalue weighted by Gasteiger charge is -2.29. The van der Waals surface area contributed by atoms with Crippen LogP contribution in [0.5, 0.6) is 0 Å². The van der Waals surface area contributed by atoms with E-state index in [9.17, 15) is 5.11 Å². The first-order chi connectivity index (χ1) is 11.2. The number of fused-ring (bicyclic) bond motifs is 1. The lowest BCUT2D eigenvalue weighted by Crippen LogP contribution is -2.39. The number of dihydropyridines is 1. The number of aliphatic hydroxyl groups is 1. The van der Waals surface area contributed by atoms with Crippen LogP contribution >= 0.6 is 12.4 Å². The summed E-state index contributed by atoms with van der Waals surface area (Å²) < 4.78 is 1.86. The van der Waals surface area contributed by atoms with Crippen molar-refractivity contribution in [1.29, 1.82) is 0 Å². The van der Waals surface area contributed by atoms with Crippen LogP contribution in [0.2, 0.25) is 0 Å². The quantitative estimate of drug-likeness (QED) is 0.670. The van der Waals surface area contributed by atoms with Gasteiger partial charge in [0.25, 0.3) is 0 Å². The molecule has 2 heterocycles. The molecule has 1 aliphatic rings. The molecule has 2 aromatic carbocycles. The van der Waals surface area contributed by atoms with Crippen LogP contribution in [0, 0.1) is 0 Å². The van der Waals surface area contributed by atoms with Crippen molar-refractivity contribution in [2.24, 2.45) is 0 Å². The number of imidazole rings is 1. The van der Waals surface area contributed by atoms with E-state index in [1.807, 2.05) is 65.3 Å². The summed E-state index contributed by atoms with van der Waals surface area (Å²) >= 11 is 0. The number of nitrogen functional groups attached to an aromatic ring is 1. The summed E-state index contributed by atoms with van der Waals surface area (Å²) in [5.41, 5.74) is 8.06. The monoisotopic (exact) mass is 340 g/mol. The van der Waals surface area contributed by atoms with Gasteiger partial charge in [0.05, 0.1) is 16.7 Å². The van der Waals surface area contributed by atoms with E-state index in [4.69, 9.17) is 5.73 Å². The van der Waals surface area contributed by atoms with Gasteiger partial charge >= 0.3 is 0 Å². The van der Waals surface area contributed by atoms with Gasteiger partial charge in [0.1, 0.15) is 0 Å². The van der Waals surface area contributed by atoms with Crippen molar-refractivity contribution in [3.63, 3.8) is 0 Å². The number of allylic oxidation sites excluding steroid dienone is 2. The molecule has 0 saturated carbocycles. The third-order valence-corrected chi connectivity index (χ3v) is 3.99. The van der Waals surface area contributed by atoms with E-state index in [2.05, 4.69) is 10.3 Å². The fraction of sp³-hybridized carbons (Fsp3) is 0.0556. The Morgan fingerprint density at radius 2 is 1.79 bits per heavy atom. The first-order valence-electron chi connectivity index (χ1n) is 7.36. The fourth-order valence-electron chi connectivity index (χ4n) is 2.93. The number of nitrogens with zero attached hydrogens (tertiary/aromatic N) is 2. The summed E-state index contributed by atoms with van der Waals surface area (Å²) in [7, 11) is 0. The molecule has 0 fully saturated rings. The number of aromatic nitrogens is 2. The van der Waals surface area contributed by atoms with Gasteiger partial charge in [-0.2, -0.15) is 0 Å². The molecule has 0 amide bonds. The average molecular weight is 341 g/mol. The van der Waals surface area contributed by atoms with Gasteiger partial charge < -0.3 is 16.2 Å². The van der Waals surface area contributed by atoms with E-state index in [0.29, 0.717) is 11.5 Å². The maximum atomic E-state index is 11.0. The third-order valence-electron chi connectivity index (χ3n) is 3.99. The second-order valence-corrected chi connectivity index (χ2v) is 5.44. The van der Waals surface area contributed by atoms with Gasteiger partial charge in [0.15, 0.2) is 5.72 Å². The molecule has 24 heavy (non-hydrogen) atoms. The fourth-order valence-corrected chi connectivity index (χ4v) is 2.93. The number of benzene rings is 2. The number of nitrogens with one attached hydrogen (secondary N) is 1. The molecule has 4 rings (SSSR count). The maximum absolute atomic E-state index is 11.0. The molecule has 4 N–H and O–H groups in total. The highest BCUT2D eigenvalue weighted by molar-refractivity contribution is 5.85. The molecular formula is C18H17ClN4O. The Bertz CT molecular complexity index is 947. The highest BCUT2D eigenvalue weighted by Gasteiger charge is 2.29. The second-order valence-electron chi connectivity index (χ2n) is 5.44. The number of hydrogen-bond acceptors (Lipinski definition) is 4. The molecule has 5 nitrogen and oxygen atoms in total. The molecule has 1 aromatic heterocycles. The maximum Gasteiger partial charge on any atom is 0.205 e. The molecule has 0 saturated heterocycles. The Hall–Kier alpha value is -2.76. The molecule has 0 spiro atoms. The van der Waals surface area contributed by atoms with Crippen LogP contribution in [-0.2, 0) is 5.72 Å². The van der Waals surface area contributed by atoms with E-state index in [0.717, 1.165) is 16.7 Å². The number of halogens is 1. The topological polar surface area (TPSA) is 76.1 Å². The van der Waals surface area contributed by atoms with Crippen LogP contribution in [0.15, 0.2) is 73.0 Å². The number of nitrogens with two attached hydrogens (primary N) is 1. The lowest BCUT2D eigenvalue weighted by atomic mass is 9.98. The Morgan fingerprint density at radius 1 is 1.04 bits per heavy atom. The Kier molecular flexibility index (Phi) is 4.05. The zero-order valence-corrected chi connectivity index (χ0v) is 13.6. The minimum atomic E-state index is -1.29. The summed E-state index contributed by atoms with van der Waals surface area (Å²) in [5, 5.41) is 14.0. The molecular weight excluding hydrogens is 324 g/mol. The van der Waals surface area contributed by atoms with Crippen LogP contribution in [0.25, 0.3) is 16.7 Å². The van der Waals surface area contributed by atoms with Crippen molar-refractivity contribution < 1.29 is 5.11 Å². The van der Waals surface area contributed by atoms with Crippen LogP contribution in [0.4, 0.5) is 5.95 Å². The number of rotatable bonds is 2. The van der Waals surface area contributed by atoms with Gasteiger partial charge in [0.2, 0.25) is 5.95 Å². The van der Waals surface area contributed by atoms with Gasteiger partial charge in [-0.1, -0.05) is 36.4 Å². The number of para-hydroxylation sites is 3. The molecule has 0 bridgehead atoms. The van der Waals surface area contributed by atoms with Crippen molar-refractivity contribution in [3.05, 3.63) is 78.5 Å². The van der Waals surface area contributed by atoms with E-state index < -0.39 is 5.72 Å². The highest BCUT2D eigenvalue weighted by Crippen LogP contribution is 2.31. The minimum Gasteiger partial charge on any atom is -0.369 e. The van der Waals surface area contributed by atoms with Crippen molar-refractivity contribution >= 4 is 29.4 Å². The second kappa shape index (κ2) is 6.03. The first-order valence-corrected chi connectivity index (χ1v) is 7.36. The normalized spacial score (nSPS) is 19.0. The Labute approximate surface area is 145 Å². The predicted octanol–water partition coefficient (Wildman–Crippen LogP) is 2.85. The largest absolute Gasteiger partial charge is 0.369 e. The van der Waals surface area contributed by atoms with E-state index in [1.54, 1.807) is 12.3 Å². The molecule has 122 valence electrons. The summed E-state index contributed by atoms with van der Waals surface area (Å²) in [6.45, 7) is 0. The number of hydrogen-bond donors (Lipinski definition) is 3. The van der Waals surface area contributed by atoms with Crippen molar-refractivity contribution in [3.8, 4) is 5.69 Å². The van der Waals surface area contributed by atoms with Crippen LogP contribution in [0.3, 0.4) is 0 Å². The molecule has 6 heteroatoms. The third kappa shape index (κ3) is 2.44. The van der Waals surface area contributed by atoms with Gasteiger partial charge in [-0.15, -0.1) is 12.4 Å². The predicted molar refractivity (Wildman–Crippen MR) is 98.0 cm³/mol. The molecule has 1 unspecified atom stereocenters. The zero-order valence-electron chi connectivity index (χ0n) is 12.8. The van der Waals surface area contributed by atoms with Crippen LogP contribution < -0.4 is 11.1 Å². The van der Waals surface area contributed by atoms with Gasteiger partial charge in [-0.3, -0.25) is 4.57 Å². The SMILES string of the molecule is Cl.Nc1nc2ccccc2n1-c1ccccc1C1(O)C=CC=CN1. The van der Waals surface area contributed by atoms with Gasteiger partial charge in [0, 0.05) is 5.56 Å².